The molecule has 7 heteroatoms. The molecule has 1 heterocycles. The summed E-state index contributed by atoms with van der Waals surface area (Å²) in [6, 6.07) is 13.9. The largest absolute Gasteiger partial charge is 0.489 e. The Bertz CT molecular complexity index is 1090. The van der Waals surface area contributed by atoms with Gasteiger partial charge < -0.3 is 14.1 Å². The third-order valence-electron chi connectivity index (χ3n) is 9.33. The van der Waals surface area contributed by atoms with Gasteiger partial charge in [-0.25, -0.2) is 0 Å². The lowest BCUT2D eigenvalue weighted by atomic mass is 9.92. The molecule has 0 spiro atoms. The summed E-state index contributed by atoms with van der Waals surface area (Å²) in [4.78, 5) is 15.7. The van der Waals surface area contributed by atoms with E-state index < -0.39 is 8.32 Å². The highest BCUT2D eigenvalue weighted by Crippen LogP contribution is 2.45. The molecule has 0 N–H and O–H groups in total. The molecule has 4 nitrogen and oxygen atoms in total. The van der Waals surface area contributed by atoms with Crippen molar-refractivity contribution in [2.24, 2.45) is 5.92 Å². The minimum Gasteiger partial charge on any atom is -0.489 e. The molecule has 40 heavy (non-hydrogen) atoms. The molecule has 1 aliphatic carbocycles. The van der Waals surface area contributed by atoms with Crippen LogP contribution in [0, 0.1) is 5.92 Å². The van der Waals surface area contributed by atoms with E-state index in [4.69, 9.17) is 32.4 Å². The van der Waals surface area contributed by atoms with Gasteiger partial charge in [0, 0.05) is 34.7 Å². The van der Waals surface area contributed by atoms with Gasteiger partial charge in [-0.2, -0.15) is 0 Å². The lowest BCUT2D eigenvalue weighted by molar-refractivity contribution is -0.133. The molecule has 220 valence electrons. The number of halogens is 2. The molecule has 1 saturated heterocycles. The topological polar surface area (TPSA) is 38.8 Å². The number of nitrogens with zero attached hydrogens (tertiary/aromatic N) is 1. The number of carbonyl (C=O) groups excluding carboxylic acids is 1. The first-order valence-corrected chi connectivity index (χ1v) is 18.0. The Kier molecular flexibility index (Phi) is 10.7. The number of benzene rings is 2. The Morgan fingerprint density at radius 2 is 1.45 bits per heavy atom. The molecule has 0 aromatic heterocycles. The second-order valence-corrected chi connectivity index (χ2v) is 18.9. The Balaban J connectivity index is 1.33. The van der Waals surface area contributed by atoms with Gasteiger partial charge in [-0.15, -0.1) is 0 Å². The third kappa shape index (κ3) is 6.91. The van der Waals surface area contributed by atoms with E-state index in [2.05, 4.69) is 46.4 Å². The predicted molar refractivity (Wildman–Crippen MR) is 169 cm³/mol. The molecule has 1 amide bonds. The zero-order chi connectivity index (χ0) is 29.0. The highest BCUT2D eigenvalue weighted by Gasteiger charge is 2.47. The molecule has 1 aliphatic heterocycles. The molecule has 0 unspecified atom stereocenters. The average molecular weight is 605 g/mol. The summed E-state index contributed by atoms with van der Waals surface area (Å²) in [5.41, 5.74) is 3.69. The summed E-state index contributed by atoms with van der Waals surface area (Å²) in [5, 5.41) is 1.13. The van der Waals surface area contributed by atoms with Crippen LogP contribution in [-0.4, -0.2) is 37.8 Å². The maximum absolute atomic E-state index is 13.5. The normalized spacial score (nSPS) is 22.1. The van der Waals surface area contributed by atoms with E-state index in [1.807, 2.05) is 42.5 Å². The number of hydrogen-bond acceptors (Lipinski definition) is 3. The van der Waals surface area contributed by atoms with Crippen molar-refractivity contribution in [1.82, 2.24) is 4.90 Å². The molecule has 2 aromatic rings. The number of ether oxygens (including phenoxy) is 1. The lowest BCUT2D eigenvalue weighted by Crippen LogP contribution is -2.51. The quantitative estimate of drug-likeness (QED) is 0.240. The summed E-state index contributed by atoms with van der Waals surface area (Å²) >= 11 is 13.3. The van der Waals surface area contributed by atoms with Gasteiger partial charge >= 0.3 is 0 Å². The van der Waals surface area contributed by atoms with Crippen LogP contribution in [0.15, 0.2) is 42.5 Å². The van der Waals surface area contributed by atoms with Crippen molar-refractivity contribution in [2.75, 3.05) is 6.54 Å². The summed E-state index contributed by atoms with van der Waals surface area (Å²) < 4.78 is 13.0. The number of rotatable bonds is 11. The average Bonchev–Trinajstić information content (AvgIpc) is 3.28. The molecule has 1 saturated carbocycles. The Morgan fingerprint density at radius 1 is 0.875 bits per heavy atom. The highest BCUT2D eigenvalue weighted by atomic mass is 35.5. The Morgan fingerprint density at radius 3 is 2.00 bits per heavy atom. The fourth-order valence-corrected chi connectivity index (χ4v) is 13.6. The smallest absolute Gasteiger partial charge is 0.226 e. The van der Waals surface area contributed by atoms with Gasteiger partial charge in [0.25, 0.3) is 0 Å². The molecule has 0 radical (unpaired) electrons. The molecule has 0 bridgehead atoms. The third-order valence-corrected chi connectivity index (χ3v) is 16.2. The zero-order valence-corrected chi connectivity index (χ0v) is 27.6. The van der Waals surface area contributed by atoms with Gasteiger partial charge in [0.1, 0.15) is 12.4 Å². The van der Waals surface area contributed by atoms with Crippen LogP contribution in [0.25, 0.3) is 0 Å². The summed E-state index contributed by atoms with van der Waals surface area (Å²) in [6.07, 6.45) is 5.87. The van der Waals surface area contributed by atoms with Crippen molar-refractivity contribution in [2.45, 2.75) is 115 Å². The first-order valence-electron chi connectivity index (χ1n) is 15.2. The van der Waals surface area contributed by atoms with E-state index in [0.29, 0.717) is 57.6 Å². The van der Waals surface area contributed by atoms with Crippen molar-refractivity contribution < 1.29 is 14.0 Å². The predicted octanol–water partition coefficient (Wildman–Crippen LogP) is 9.47. The van der Waals surface area contributed by atoms with Crippen molar-refractivity contribution in [3.8, 4) is 5.75 Å². The van der Waals surface area contributed by atoms with E-state index in [1.54, 1.807) is 0 Å². The van der Waals surface area contributed by atoms with Crippen LogP contribution in [-0.2, 0) is 22.2 Å². The molecule has 4 rings (SSSR count). The maximum atomic E-state index is 13.5. The summed E-state index contributed by atoms with van der Waals surface area (Å²) in [7, 11) is -1.89. The fraction of sp³-hybridized carbons (Fsp3) is 0.606. The van der Waals surface area contributed by atoms with Crippen LogP contribution < -0.4 is 4.74 Å². The van der Waals surface area contributed by atoms with E-state index in [9.17, 15) is 4.79 Å². The van der Waals surface area contributed by atoms with Crippen LogP contribution >= 0.6 is 23.2 Å². The summed E-state index contributed by atoms with van der Waals surface area (Å²) in [6.45, 7) is 15.4. The number of amides is 1. The van der Waals surface area contributed by atoms with Crippen LogP contribution in [0.4, 0.5) is 0 Å². The molecule has 2 aliphatic rings. The SMILES string of the molecule is CC(C)[Si](OC1CCC(N2CC[C@@H](Cc3c(Cl)cc(OCc4ccccc4)cc3Cl)C2=O)CC1)(C(C)C)C(C)C. The van der Waals surface area contributed by atoms with Crippen LogP contribution in [0.3, 0.4) is 0 Å². The number of hydrogen-bond donors (Lipinski definition) is 0. The summed E-state index contributed by atoms with van der Waals surface area (Å²) in [5.74, 6) is 0.805. The molecular weight excluding hydrogens is 557 g/mol. The fourth-order valence-electron chi connectivity index (χ4n) is 7.33. The molecule has 2 aromatic carbocycles. The van der Waals surface area contributed by atoms with Crippen LogP contribution in [0.1, 0.15) is 84.8 Å². The van der Waals surface area contributed by atoms with Gasteiger partial charge in [0.2, 0.25) is 14.2 Å². The van der Waals surface area contributed by atoms with Crippen molar-refractivity contribution in [3.63, 3.8) is 0 Å². The molecular formula is C33H47Cl2NO3Si. The van der Waals surface area contributed by atoms with E-state index in [-0.39, 0.29) is 11.8 Å². The van der Waals surface area contributed by atoms with Crippen molar-refractivity contribution >= 4 is 37.4 Å². The van der Waals surface area contributed by atoms with Crippen molar-refractivity contribution in [1.29, 1.82) is 0 Å². The second kappa shape index (κ2) is 13.6. The molecule has 1 atom stereocenters. The van der Waals surface area contributed by atoms with Gasteiger partial charge in [-0.05, 0) is 78.4 Å². The first-order chi connectivity index (χ1) is 19.0. The Labute approximate surface area is 252 Å². The van der Waals surface area contributed by atoms with E-state index in [1.165, 1.54) is 0 Å². The van der Waals surface area contributed by atoms with Crippen LogP contribution in [0.5, 0.6) is 5.75 Å². The monoisotopic (exact) mass is 603 g/mol. The molecule has 2 fully saturated rings. The number of carbonyl (C=O) groups is 1. The van der Waals surface area contributed by atoms with Gasteiger partial charge in [0.15, 0.2) is 0 Å². The van der Waals surface area contributed by atoms with Gasteiger partial charge in [-0.3, -0.25) is 4.79 Å². The zero-order valence-electron chi connectivity index (χ0n) is 25.1. The highest BCUT2D eigenvalue weighted by molar-refractivity contribution is 6.77. The van der Waals surface area contributed by atoms with E-state index in [0.717, 1.165) is 49.8 Å². The lowest BCUT2D eigenvalue weighted by Gasteiger charge is -2.46. The first kappa shape index (κ1) is 31.4. The second-order valence-electron chi connectivity index (χ2n) is 12.7. The van der Waals surface area contributed by atoms with Crippen LogP contribution in [0.2, 0.25) is 26.7 Å². The standard InChI is InChI=1S/C33H47Cl2NO3Si/c1-22(2)40(23(3)4,24(5)6)39-28-14-12-27(13-15-28)36-17-16-26(33(36)37)18-30-31(34)19-29(20-32(30)35)38-21-25-10-8-7-9-11-25/h7-11,19-20,22-24,26-28H,12-18,21H2,1-6H3/t26-,27?,28?/m0/s1. The number of likely N-dealkylation sites (tertiary alicyclic amines) is 1. The minimum atomic E-state index is -1.89. The minimum absolute atomic E-state index is 0.0806. The van der Waals surface area contributed by atoms with E-state index >= 15 is 0 Å². The van der Waals surface area contributed by atoms with Crippen molar-refractivity contribution in [3.05, 3.63) is 63.6 Å². The van der Waals surface area contributed by atoms with Gasteiger partial charge in [-0.1, -0.05) is 95.1 Å². The maximum Gasteiger partial charge on any atom is 0.226 e. The Hall–Kier alpha value is -1.53. The van der Waals surface area contributed by atoms with Gasteiger partial charge in [0.05, 0.1) is 0 Å².